The van der Waals surface area contributed by atoms with Gasteiger partial charge in [0.2, 0.25) is 0 Å². The summed E-state index contributed by atoms with van der Waals surface area (Å²) in [6, 6.07) is 20.2. The van der Waals surface area contributed by atoms with Crippen molar-refractivity contribution in [1.82, 2.24) is 0 Å². The number of hydrogen-bond acceptors (Lipinski definition) is 4. The van der Waals surface area contributed by atoms with Gasteiger partial charge in [0, 0.05) is 5.92 Å². The number of fused-ring (bicyclic) bond motifs is 7. The number of benzene rings is 2. The number of ether oxygens (including phenoxy) is 1. The molecule has 0 amide bonds. The molecule has 0 spiro atoms. The Morgan fingerprint density at radius 1 is 0.800 bits per heavy atom. The van der Waals surface area contributed by atoms with Gasteiger partial charge in [-0.05, 0) is 108 Å². The summed E-state index contributed by atoms with van der Waals surface area (Å²) < 4.78 is 6.39. The molecule has 4 saturated carbocycles. The molecule has 9 unspecified atom stereocenters. The van der Waals surface area contributed by atoms with Gasteiger partial charge in [-0.3, -0.25) is 9.59 Å². The van der Waals surface area contributed by atoms with Crippen molar-refractivity contribution < 1.29 is 19.1 Å². The van der Waals surface area contributed by atoms with Gasteiger partial charge in [-0.1, -0.05) is 107 Å². The Bertz CT molecular complexity index is 1380. The average Bonchev–Trinajstić information content (AvgIpc) is 3.04. The molecule has 9 atom stereocenters. The molecule has 2 aromatic carbocycles. The van der Waals surface area contributed by atoms with Gasteiger partial charge in [0.1, 0.15) is 6.79 Å². The number of hydrogen-bond donors (Lipinski definition) is 0. The minimum atomic E-state index is -0.411. The van der Waals surface area contributed by atoms with Crippen LogP contribution in [0.5, 0.6) is 0 Å². The van der Waals surface area contributed by atoms with Crippen molar-refractivity contribution in [2.75, 3.05) is 0 Å². The molecule has 45 heavy (non-hydrogen) atoms. The molecule has 4 fully saturated rings. The number of carbonyl (C=O) groups is 3. The zero-order valence-electron chi connectivity index (χ0n) is 27.8. The minimum Gasteiger partial charge on any atom is -0.452 e. The summed E-state index contributed by atoms with van der Waals surface area (Å²) in [6.07, 6.45) is 13.0. The quantitative estimate of drug-likeness (QED) is 0.325. The van der Waals surface area contributed by atoms with Gasteiger partial charge in [0.25, 0.3) is 0 Å². The van der Waals surface area contributed by atoms with E-state index in [9.17, 15) is 9.59 Å². The van der Waals surface area contributed by atoms with Gasteiger partial charge in [-0.25, -0.2) is 0 Å². The highest BCUT2D eigenvalue weighted by Crippen LogP contribution is 2.69. The second-order valence-corrected chi connectivity index (χ2v) is 15.9. The summed E-state index contributed by atoms with van der Waals surface area (Å²) in [5.41, 5.74) is 3.70. The molecular formula is C41H52O4. The topological polar surface area (TPSA) is 60.4 Å². The third-order valence-electron chi connectivity index (χ3n) is 13.6. The molecular weight excluding hydrogens is 556 g/mol. The van der Waals surface area contributed by atoms with Crippen LogP contribution in [-0.2, 0) is 19.1 Å². The van der Waals surface area contributed by atoms with Crippen molar-refractivity contribution in [2.24, 2.45) is 51.8 Å². The van der Waals surface area contributed by atoms with Gasteiger partial charge in [-0.15, -0.1) is 0 Å². The van der Waals surface area contributed by atoms with Crippen LogP contribution in [0.2, 0.25) is 0 Å². The lowest BCUT2D eigenvalue weighted by Gasteiger charge is -2.65. The molecule has 4 heteroatoms. The highest BCUT2D eigenvalue weighted by atomic mass is 16.5. The van der Waals surface area contributed by atoms with E-state index in [-0.39, 0.29) is 40.0 Å². The van der Waals surface area contributed by atoms with Crippen molar-refractivity contribution >= 4 is 18.5 Å². The molecule has 0 radical (unpaired) electrons. The minimum absolute atomic E-state index is 0.0317. The van der Waals surface area contributed by atoms with Crippen LogP contribution in [0.25, 0.3) is 0 Å². The lowest BCUT2D eigenvalue weighted by molar-refractivity contribution is -0.161. The van der Waals surface area contributed by atoms with Crippen LogP contribution in [0.4, 0.5) is 0 Å². The lowest BCUT2D eigenvalue weighted by atomic mass is 9.39. The fourth-order valence-corrected chi connectivity index (χ4v) is 11.5. The number of rotatable bonds is 4. The van der Waals surface area contributed by atoms with Crippen LogP contribution in [0.3, 0.4) is 0 Å². The maximum Gasteiger partial charge on any atom is 0.309 e. The first-order valence-electron chi connectivity index (χ1n) is 17.5. The number of ketones is 1. The lowest BCUT2D eigenvalue weighted by Crippen LogP contribution is -2.60. The monoisotopic (exact) mass is 608 g/mol. The molecule has 7 rings (SSSR count). The van der Waals surface area contributed by atoms with Crippen LogP contribution in [0.15, 0.2) is 72.3 Å². The fraction of sp³-hybridized carbons (Fsp3) is 0.585. The highest BCUT2D eigenvalue weighted by Gasteiger charge is 2.64. The van der Waals surface area contributed by atoms with E-state index < -0.39 is 6.10 Å². The summed E-state index contributed by atoms with van der Waals surface area (Å²) in [6.45, 7) is 11.8. The van der Waals surface area contributed by atoms with E-state index in [0.717, 1.165) is 36.3 Å². The Hall–Kier alpha value is -3.01. The predicted molar refractivity (Wildman–Crippen MR) is 178 cm³/mol. The molecule has 4 nitrogen and oxygen atoms in total. The molecule has 0 aliphatic heterocycles. The normalized spacial score (nSPS) is 38.7. The standard InChI is InChI=1S/C40H50O3.CH2O/c1-26-12-11-20-39(3)31(26)19-23-40(4)32-18-22-38(2)21-17-29(24-33(38)30(32)25-34(41)36(39)40)37(42)43-35(27-13-7-5-8-14-27)28-15-9-6-10-16-28;1-2/h5-10,13-16,25-26,29,31-33,35-36H,11-12,17-24H2,1-4H3;1H2. The van der Waals surface area contributed by atoms with Crippen LogP contribution in [-0.4, -0.2) is 18.5 Å². The number of esters is 1. The summed E-state index contributed by atoms with van der Waals surface area (Å²) >= 11 is 0. The second kappa shape index (κ2) is 12.3. The van der Waals surface area contributed by atoms with Gasteiger partial charge >= 0.3 is 5.97 Å². The second-order valence-electron chi connectivity index (χ2n) is 15.9. The first-order valence-corrected chi connectivity index (χ1v) is 17.5. The average molecular weight is 609 g/mol. The molecule has 5 aliphatic carbocycles. The highest BCUT2D eigenvalue weighted by molar-refractivity contribution is 5.95. The van der Waals surface area contributed by atoms with Crippen LogP contribution in [0.1, 0.15) is 109 Å². The van der Waals surface area contributed by atoms with E-state index in [1.807, 2.05) is 67.5 Å². The fourth-order valence-electron chi connectivity index (χ4n) is 11.5. The van der Waals surface area contributed by atoms with Gasteiger partial charge in [-0.2, -0.15) is 0 Å². The SMILES string of the molecule is C=O.CC1CCCC2(C)C1CCC1(C)C3CCC4(C)CCC(C(=O)OC(c5ccccc5)c5ccccc5)CC4C3=CC(=O)C12. The van der Waals surface area contributed by atoms with Crippen molar-refractivity contribution in [2.45, 2.75) is 98.0 Å². The first-order chi connectivity index (χ1) is 21.6. The van der Waals surface area contributed by atoms with E-state index in [1.165, 1.54) is 50.5 Å². The third kappa shape index (κ3) is 5.34. The molecule has 0 N–H and O–H groups in total. The van der Waals surface area contributed by atoms with Crippen LogP contribution < -0.4 is 0 Å². The van der Waals surface area contributed by atoms with E-state index in [1.54, 1.807) is 0 Å². The van der Waals surface area contributed by atoms with Gasteiger partial charge < -0.3 is 9.53 Å². The predicted octanol–water partition coefficient (Wildman–Crippen LogP) is 9.33. The van der Waals surface area contributed by atoms with Crippen LogP contribution >= 0.6 is 0 Å². The number of allylic oxidation sites excluding steroid dienone is 2. The van der Waals surface area contributed by atoms with Crippen molar-refractivity contribution in [3.05, 3.63) is 83.4 Å². The van der Waals surface area contributed by atoms with Crippen LogP contribution in [0, 0.1) is 51.8 Å². The van der Waals surface area contributed by atoms with Crippen molar-refractivity contribution in [3.63, 3.8) is 0 Å². The summed E-state index contributed by atoms with van der Waals surface area (Å²) in [5.74, 6) is 2.44. The Kier molecular flexibility index (Phi) is 8.74. The Morgan fingerprint density at radius 3 is 2.07 bits per heavy atom. The van der Waals surface area contributed by atoms with Gasteiger partial charge in [0.05, 0.1) is 5.92 Å². The molecule has 0 heterocycles. The summed E-state index contributed by atoms with van der Waals surface area (Å²) in [4.78, 5) is 36.3. The Morgan fingerprint density at radius 2 is 1.42 bits per heavy atom. The van der Waals surface area contributed by atoms with E-state index in [2.05, 4.69) is 33.8 Å². The molecule has 240 valence electrons. The molecule has 0 saturated heterocycles. The zero-order valence-corrected chi connectivity index (χ0v) is 27.8. The van der Waals surface area contributed by atoms with Crippen molar-refractivity contribution in [1.29, 1.82) is 0 Å². The molecule has 2 aromatic rings. The smallest absolute Gasteiger partial charge is 0.309 e. The maximum absolute atomic E-state index is 14.3. The van der Waals surface area contributed by atoms with Gasteiger partial charge in [0.15, 0.2) is 11.9 Å². The first kappa shape index (κ1) is 32.0. The molecule has 5 aliphatic rings. The largest absolute Gasteiger partial charge is 0.452 e. The van der Waals surface area contributed by atoms with E-state index in [4.69, 9.17) is 9.53 Å². The van der Waals surface area contributed by atoms with Crippen molar-refractivity contribution in [3.8, 4) is 0 Å². The Balaban J connectivity index is 0.00000175. The maximum atomic E-state index is 14.3. The van der Waals surface area contributed by atoms with E-state index >= 15 is 0 Å². The zero-order chi connectivity index (χ0) is 32.0. The number of carbonyl (C=O) groups excluding carboxylic acids is 3. The van der Waals surface area contributed by atoms with E-state index in [0.29, 0.717) is 17.6 Å². The Labute approximate surface area is 270 Å². The molecule has 0 aromatic heterocycles. The summed E-state index contributed by atoms with van der Waals surface area (Å²) in [7, 11) is 0. The molecule has 0 bridgehead atoms. The third-order valence-corrected chi connectivity index (χ3v) is 13.6. The summed E-state index contributed by atoms with van der Waals surface area (Å²) in [5, 5.41) is 0.